The first kappa shape index (κ1) is 10.6. The number of hydrogen-bond donors (Lipinski definition) is 0. The summed E-state index contributed by atoms with van der Waals surface area (Å²) in [7, 11) is 0. The second kappa shape index (κ2) is 3.22. The van der Waals surface area contributed by atoms with Crippen LogP contribution in [0.3, 0.4) is 0 Å². The fourth-order valence-electron chi connectivity index (χ4n) is 2.61. The van der Waals surface area contributed by atoms with Crippen LogP contribution in [-0.2, 0) is 10.2 Å². The summed E-state index contributed by atoms with van der Waals surface area (Å²) in [6.45, 7) is 6.89. The monoisotopic (exact) mass is 228 g/mol. The molecular formula is C15H16O2. The van der Waals surface area contributed by atoms with E-state index in [0.29, 0.717) is 5.92 Å². The third-order valence-corrected chi connectivity index (χ3v) is 3.91. The maximum absolute atomic E-state index is 11.9. The van der Waals surface area contributed by atoms with Crippen molar-refractivity contribution in [1.82, 2.24) is 0 Å². The topological polar surface area (TPSA) is 26.3 Å². The molecule has 1 heterocycles. The molecule has 1 aromatic rings. The highest BCUT2D eigenvalue weighted by Gasteiger charge is 2.34. The SMILES string of the molecule is CC1COc2cc3c(cc21)C(C)(C)C(=O)C=C3. The van der Waals surface area contributed by atoms with E-state index in [0.717, 1.165) is 23.5 Å². The summed E-state index contributed by atoms with van der Waals surface area (Å²) in [4.78, 5) is 11.9. The van der Waals surface area contributed by atoms with Gasteiger partial charge in [0.2, 0.25) is 0 Å². The van der Waals surface area contributed by atoms with Gasteiger partial charge in [0.25, 0.3) is 0 Å². The zero-order valence-corrected chi connectivity index (χ0v) is 10.4. The Morgan fingerprint density at radius 3 is 2.82 bits per heavy atom. The van der Waals surface area contributed by atoms with Gasteiger partial charge in [0.1, 0.15) is 5.75 Å². The van der Waals surface area contributed by atoms with Crippen molar-refractivity contribution in [2.75, 3.05) is 6.61 Å². The Morgan fingerprint density at radius 1 is 1.29 bits per heavy atom. The van der Waals surface area contributed by atoms with Gasteiger partial charge >= 0.3 is 0 Å². The predicted octanol–water partition coefficient (Wildman–Crippen LogP) is 3.06. The molecule has 1 atom stereocenters. The molecule has 0 aromatic heterocycles. The molecule has 0 spiro atoms. The number of hydrogen-bond acceptors (Lipinski definition) is 2. The van der Waals surface area contributed by atoms with Gasteiger partial charge in [0.15, 0.2) is 5.78 Å². The molecule has 0 fully saturated rings. The Labute approximate surface area is 101 Å². The lowest BCUT2D eigenvalue weighted by molar-refractivity contribution is -0.118. The van der Waals surface area contributed by atoms with Gasteiger partial charge in [-0.3, -0.25) is 4.79 Å². The van der Waals surface area contributed by atoms with E-state index in [1.165, 1.54) is 5.56 Å². The van der Waals surface area contributed by atoms with Crippen molar-refractivity contribution in [3.8, 4) is 5.75 Å². The number of carbonyl (C=O) groups excluding carboxylic acids is 1. The lowest BCUT2D eigenvalue weighted by atomic mass is 9.74. The van der Waals surface area contributed by atoms with E-state index in [2.05, 4.69) is 19.1 Å². The summed E-state index contributed by atoms with van der Waals surface area (Å²) in [5.41, 5.74) is 3.06. The molecule has 0 amide bonds. The van der Waals surface area contributed by atoms with Gasteiger partial charge in [-0.05, 0) is 37.1 Å². The molecule has 2 heteroatoms. The van der Waals surface area contributed by atoms with E-state index < -0.39 is 5.41 Å². The van der Waals surface area contributed by atoms with E-state index in [-0.39, 0.29) is 5.78 Å². The van der Waals surface area contributed by atoms with Crippen LogP contribution in [0.5, 0.6) is 5.75 Å². The fraction of sp³-hybridized carbons (Fsp3) is 0.400. The summed E-state index contributed by atoms with van der Waals surface area (Å²) in [5, 5.41) is 0. The fourth-order valence-corrected chi connectivity index (χ4v) is 2.61. The van der Waals surface area contributed by atoms with Crippen LogP contribution in [0, 0.1) is 0 Å². The van der Waals surface area contributed by atoms with Crippen LogP contribution in [0.25, 0.3) is 6.08 Å². The number of ether oxygens (including phenoxy) is 1. The molecule has 0 bridgehead atoms. The van der Waals surface area contributed by atoms with Crippen molar-refractivity contribution in [1.29, 1.82) is 0 Å². The molecule has 0 saturated heterocycles. The minimum absolute atomic E-state index is 0.177. The lowest BCUT2D eigenvalue weighted by Crippen LogP contribution is -2.30. The van der Waals surface area contributed by atoms with Gasteiger partial charge in [0, 0.05) is 11.5 Å². The number of fused-ring (bicyclic) bond motifs is 2. The molecule has 2 nitrogen and oxygen atoms in total. The van der Waals surface area contributed by atoms with Gasteiger partial charge in [-0.25, -0.2) is 0 Å². The van der Waals surface area contributed by atoms with Gasteiger partial charge < -0.3 is 4.74 Å². The van der Waals surface area contributed by atoms with E-state index in [1.807, 2.05) is 19.9 Å². The van der Waals surface area contributed by atoms with Crippen LogP contribution in [0.2, 0.25) is 0 Å². The molecule has 1 aromatic carbocycles. The van der Waals surface area contributed by atoms with Crippen LogP contribution >= 0.6 is 0 Å². The molecule has 1 aliphatic carbocycles. The Kier molecular flexibility index (Phi) is 2.00. The molecule has 17 heavy (non-hydrogen) atoms. The first-order valence-electron chi connectivity index (χ1n) is 6.04. The first-order chi connectivity index (χ1) is 8.00. The summed E-state index contributed by atoms with van der Waals surface area (Å²) in [6.07, 6.45) is 3.57. The second-order valence-electron chi connectivity index (χ2n) is 5.51. The van der Waals surface area contributed by atoms with Gasteiger partial charge in [-0.15, -0.1) is 0 Å². The van der Waals surface area contributed by atoms with Crippen LogP contribution < -0.4 is 4.74 Å². The maximum Gasteiger partial charge on any atom is 0.165 e. The summed E-state index contributed by atoms with van der Waals surface area (Å²) >= 11 is 0. The predicted molar refractivity (Wildman–Crippen MR) is 67.4 cm³/mol. The molecule has 0 radical (unpaired) electrons. The minimum Gasteiger partial charge on any atom is -0.493 e. The molecule has 88 valence electrons. The Balaban J connectivity index is 2.24. The van der Waals surface area contributed by atoms with Gasteiger partial charge in [0.05, 0.1) is 12.0 Å². The maximum atomic E-state index is 11.9. The summed E-state index contributed by atoms with van der Waals surface area (Å²) in [6, 6.07) is 4.22. The molecule has 1 unspecified atom stereocenters. The third kappa shape index (κ3) is 1.36. The Hall–Kier alpha value is -1.57. The Morgan fingerprint density at radius 2 is 2.06 bits per heavy atom. The zero-order chi connectivity index (χ0) is 12.2. The van der Waals surface area contributed by atoms with Crippen LogP contribution in [0.4, 0.5) is 0 Å². The van der Waals surface area contributed by atoms with Gasteiger partial charge in [-0.1, -0.05) is 19.1 Å². The lowest BCUT2D eigenvalue weighted by Gasteiger charge is -2.28. The summed E-state index contributed by atoms with van der Waals surface area (Å²) < 4.78 is 5.65. The van der Waals surface area contributed by atoms with Crippen molar-refractivity contribution in [3.05, 3.63) is 34.9 Å². The quantitative estimate of drug-likeness (QED) is 0.682. The number of ketones is 1. The minimum atomic E-state index is -0.415. The largest absolute Gasteiger partial charge is 0.493 e. The molecule has 1 aliphatic heterocycles. The normalized spacial score (nSPS) is 24.2. The average Bonchev–Trinajstić information content (AvgIpc) is 2.64. The molecule has 2 aliphatic rings. The van der Waals surface area contributed by atoms with Crippen molar-refractivity contribution >= 4 is 11.9 Å². The van der Waals surface area contributed by atoms with Crippen molar-refractivity contribution in [2.45, 2.75) is 32.1 Å². The highest BCUT2D eigenvalue weighted by molar-refractivity contribution is 6.04. The van der Waals surface area contributed by atoms with E-state index in [4.69, 9.17) is 4.74 Å². The number of benzene rings is 1. The van der Waals surface area contributed by atoms with Crippen LogP contribution in [-0.4, -0.2) is 12.4 Å². The third-order valence-electron chi connectivity index (χ3n) is 3.91. The summed E-state index contributed by atoms with van der Waals surface area (Å²) in [5.74, 6) is 1.58. The molecule has 0 saturated carbocycles. The smallest absolute Gasteiger partial charge is 0.165 e. The first-order valence-corrected chi connectivity index (χ1v) is 6.04. The molecular weight excluding hydrogens is 212 g/mol. The van der Waals surface area contributed by atoms with Crippen LogP contribution in [0.15, 0.2) is 18.2 Å². The van der Waals surface area contributed by atoms with Crippen LogP contribution in [0.1, 0.15) is 43.4 Å². The Bertz CT molecular complexity index is 538. The average molecular weight is 228 g/mol. The van der Waals surface area contributed by atoms with E-state index in [9.17, 15) is 4.79 Å². The van der Waals surface area contributed by atoms with Crippen molar-refractivity contribution < 1.29 is 9.53 Å². The zero-order valence-electron chi connectivity index (χ0n) is 10.4. The van der Waals surface area contributed by atoms with E-state index >= 15 is 0 Å². The molecule has 0 N–H and O–H groups in total. The number of carbonyl (C=O) groups is 1. The number of allylic oxidation sites excluding steroid dienone is 1. The highest BCUT2D eigenvalue weighted by Crippen LogP contribution is 2.41. The van der Waals surface area contributed by atoms with Crippen molar-refractivity contribution in [3.63, 3.8) is 0 Å². The second-order valence-corrected chi connectivity index (χ2v) is 5.51. The highest BCUT2D eigenvalue weighted by atomic mass is 16.5. The van der Waals surface area contributed by atoms with Crippen molar-refractivity contribution in [2.24, 2.45) is 0 Å². The van der Waals surface area contributed by atoms with Gasteiger partial charge in [-0.2, -0.15) is 0 Å². The van der Waals surface area contributed by atoms with E-state index in [1.54, 1.807) is 6.08 Å². The molecule has 3 rings (SSSR count). The number of rotatable bonds is 0. The standard InChI is InChI=1S/C15H16O2/c1-9-8-17-13-6-10-4-5-14(16)15(2,3)12(10)7-11(9)13/h4-7,9H,8H2,1-3H3.